The minimum atomic E-state index is -3.58. The number of ether oxygens (including phenoxy) is 2. The maximum Gasteiger partial charge on any atom is 0.244 e. The molecule has 1 aliphatic heterocycles. The number of methoxy groups -OCH3 is 1. The van der Waals surface area contributed by atoms with E-state index in [0.717, 1.165) is 44.6 Å². The Morgan fingerprint density at radius 3 is 2.72 bits per heavy atom. The summed E-state index contributed by atoms with van der Waals surface area (Å²) in [6.45, 7) is 5.71. The Kier molecular flexibility index (Phi) is 7.66. The molecule has 2 aromatic carbocycles. The largest absolute Gasteiger partial charge is 0.495 e. The van der Waals surface area contributed by atoms with Crippen LogP contribution in [0.4, 0.5) is 0 Å². The Hall–Kier alpha value is -1.93. The van der Waals surface area contributed by atoms with E-state index in [9.17, 15) is 8.42 Å². The first-order valence-corrected chi connectivity index (χ1v) is 11.5. The number of hydrogen-bond acceptors (Lipinski definition) is 5. The molecule has 0 amide bonds. The Morgan fingerprint density at radius 1 is 1.17 bits per heavy atom. The van der Waals surface area contributed by atoms with Crippen molar-refractivity contribution in [3.63, 3.8) is 0 Å². The SMILES string of the molecule is COc1ccc(C)cc1S(=O)(=O)NCCCCN1CCO[C@@H](c2ccccc2)C1. The van der Waals surface area contributed by atoms with Gasteiger partial charge in [-0.2, -0.15) is 0 Å². The van der Waals surface area contributed by atoms with Crippen LogP contribution in [0.2, 0.25) is 0 Å². The zero-order chi connectivity index (χ0) is 20.7. The van der Waals surface area contributed by atoms with E-state index in [2.05, 4.69) is 21.8 Å². The number of nitrogens with one attached hydrogen (secondary N) is 1. The number of benzene rings is 2. The Bertz CT molecular complexity index is 887. The van der Waals surface area contributed by atoms with Crippen LogP contribution in [0.1, 0.15) is 30.1 Å². The quantitative estimate of drug-likeness (QED) is 0.634. The second kappa shape index (κ2) is 10.2. The third kappa shape index (κ3) is 6.02. The van der Waals surface area contributed by atoms with Crippen molar-refractivity contribution < 1.29 is 17.9 Å². The van der Waals surface area contributed by atoms with Crippen molar-refractivity contribution in [1.82, 2.24) is 9.62 Å². The second-order valence-electron chi connectivity index (χ2n) is 7.33. The van der Waals surface area contributed by atoms with Crippen LogP contribution in [0.25, 0.3) is 0 Å². The van der Waals surface area contributed by atoms with Gasteiger partial charge in [0.25, 0.3) is 0 Å². The standard InChI is InChI=1S/C22H30N2O4S/c1-18-10-11-20(27-2)22(16-18)29(25,26)23-12-6-7-13-24-14-15-28-21(17-24)19-8-4-3-5-9-19/h3-5,8-11,16,21,23H,6-7,12-15,17H2,1-2H3/t21-/m1/s1. The van der Waals surface area contributed by atoms with Crippen LogP contribution in [0.15, 0.2) is 53.4 Å². The van der Waals surface area contributed by atoms with E-state index < -0.39 is 10.0 Å². The van der Waals surface area contributed by atoms with Gasteiger partial charge in [-0.15, -0.1) is 0 Å². The van der Waals surface area contributed by atoms with Crippen LogP contribution in [-0.2, 0) is 14.8 Å². The smallest absolute Gasteiger partial charge is 0.244 e. The monoisotopic (exact) mass is 418 g/mol. The number of hydrogen-bond donors (Lipinski definition) is 1. The molecule has 3 rings (SSSR count). The maximum atomic E-state index is 12.6. The van der Waals surface area contributed by atoms with Gasteiger partial charge in [0.2, 0.25) is 10.0 Å². The summed E-state index contributed by atoms with van der Waals surface area (Å²) < 4.78 is 39.0. The fourth-order valence-corrected chi connectivity index (χ4v) is 4.84. The van der Waals surface area contributed by atoms with Crippen molar-refractivity contribution >= 4 is 10.0 Å². The van der Waals surface area contributed by atoms with E-state index in [0.29, 0.717) is 12.3 Å². The molecule has 1 fully saturated rings. The second-order valence-corrected chi connectivity index (χ2v) is 9.07. The molecule has 0 radical (unpaired) electrons. The predicted octanol–water partition coefficient (Wildman–Crippen LogP) is 3.14. The predicted molar refractivity (Wildman–Crippen MR) is 114 cm³/mol. The van der Waals surface area contributed by atoms with Crippen molar-refractivity contribution in [2.45, 2.75) is 30.8 Å². The number of nitrogens with zero attached hydrogens (tertiary/aromatic N) is 1. The molecule has 7 heteroatoms. The first kappa shape index (κ1) is 21.8. The van der Waals surface area contributed by atoms with Gasteiger partial charge in [-0.05, 0) is 49.6 Å². The van der Waals surface area contributed by atoms with Gasteiger partial charge in [0.1, 0.15) is 10.6 Å². The number of morpholine rings is 1. The molecular formula is C22H30N2O4S. The third-order valence-electron chi connectivity index (χ3n) is 5.12. The van der Waals surface area contributed by atoms with Crippen LogP contribution in [0, 0.1) is 6.92 Å². The fourth-order valence-electron chi connectivity index (χ4n) is 3.51. The summed E-state index contributed by atoms with van der Waals surface area (Å²) in [4.78, 5) is 2.58. The number of aryl methyl sites for hydroxylation is 1. The van der Waals surface area contributed by atoms with Crippen molar-refractivity contribution in [3.05, 3.63) is 59.7 Å². The molecule has 0 bridgehead atoms. The maximum absolute atomic E-state index is 12.6. The first-order valence-electron chi connectivity index (χ1n) is 10.0. The molecule has 1 N–H and O–H groups in total. The van der Waals surface area contributed by atoms with Crippen molar-refractivity contribution in [2.24, 2.45) is 0 Å². The highest BCUT2D eigenvalue weighted by Crippen LogP contribution is 2.25. The summed E-state index contributed by atoms with van der Waals surface area (Å²) in [5.41, 5.74) is 2.09. The number of rotatable bonds is 9. The molecule has 0 saturated carbocycles. The van der Waals surface area contributed by atoms with Gasteiger partial charge in [0, 0.05) is 19.6 Å². The minimum absolute atomic E-state index is 0.109. The summed E-state index contributed by atoms with van der Waals surface area (Å²) in [6, 6.07) is 15.4. The molecule has 1 atom stereocenters. The molecule has 29 heavy (non-hydrogen) atoms. The highest BCUT2D eigenvalue weighted by molar-refractivity contribution is 7.89. The molecule has 1 heterocycles. The van der Waals surface area contributed by atoms with Crippen LogP contribution in [0.3, 0.4) is 0 Å². The van der Waals surface area contributed by atoms with E-state index in [1.807, 2.05) is 31.2 Å². The molecule has 0 aromatic heterocycles. The number of unbranched alkanes of at least 4 members (excludes halogenated alkanes) is 1. The van der Waals surface area contributed by atoms with E-state index in [1.54, 1.807) is 12.1 Å². The Balaban J connectivity index is 1.44. The van der Waals surface area contributed by atoms with Crippen LogP contribution < -0.4 is 9.46 Å². The lowest BCUT2D eigenvalue weighted by molar-refractivity contribution is -0.0303. The summed E-state index contributed by atoms with van der Waals surface area (Å²) in [5.74, 6) is 0.364. The molecule has 1 saturated heterocycles. The van der Waals surface area contributed by atoms with E-state index in [4.69, 9.17) is 9.47 Å². The molecule has 158 valence electrons. The van der Waals surface area contributed by atoms with Crippen LogP contribution in [-0.4, -0.2) is 53.2 Å². The molecular weight excluding hydrogens is 388 g/mol. The van der Waals surface area contributed by atoms with Gasteiger partial charge in [0.05, 0.1) is 19.8 Å². The molecule has 6 nitrogen and oxygen atoms in total. The summed E-state index contributed by atoms with van der Waals surface area (Å²) in [6.07, 6.45) is 1.81. The van der Waals surface area contributed by atoms with E-state index in [1.165, 1.54) is 12.7 Å². The van der Waals surface area contributed by atoms with Crippen molar-refractivity contribution in [1.29, 1.82) is 0 Å². The Labute approximate surface area is 173 Å². The fraction of sp³-hybridized carbons (Fsp3) is 0.455. The lowest BCUT2D eigenvalue weighted by Crippen LogP contribution is -2.39. The molecule has 2 aromatic rings. The van der Waals surface area contributed by atoms with Gasteiger partial charge in [0.15, 0.2) is 0 Å². The molecule has 1 aliphatic rings. The van der Waals surface area contributed by atoms with Crippen molar-refractivity contribution in [2.75, 3.05) is 39.9 Å². The first-order chi connectivity index (χ1) is 14.0. The summed E-state index contributed by atoms with van der Waals surface area (Å²) in [7, 11) is -2.10. The highest BCUT2D eigenvalue weighted by Gasteiger charge is 2.22. The lowest BCUT2D eigenvalue weighted by Gasteiger charge is -2.33. The van der Waals surface area contributed by atoms with Gasteiger partial charge < -0.3 is 9.47 Å². The van der Waals surface area contributed by atoms with Crippen molar-refractivity contribution in [3.8, 4) is 5.75 Å². The van der Waals surface area contributed by atoms with Gasteiger partial charge in [-0.25, -0.2) is 13.1 Å². The molecule has 0 unspecified atom stereocenters. The van der Waals surface area contributed by atoms with Crippen LogP contribution in [0.5, 0.6) is 5.75 Å². The van der Waals surface area contributed by atoms with Gasteiger partial charge in [-0.3, -0.25) is 4.90 Å². The average molecular weight is 419 g/mol. The highest BCUT2D eigenvalue weighted by atomic mass is 32.2. The molecule has 0 spiro atoms. The topological polar surface area (TPSA) is 67.9 Å². The van der Waals surface area contributed by atoms with Gasteiger partial charge >= 0.3 is 0 Å². The lowest BCUT2D eigenvalue weighted by atomic mass is 10.1. The normalized spacial score (nSPS) is 17.9. The van der Waals surface area contributed by atoms with E-state index in [-0.39, 0.29) is 11.0 Å². The summed E-state index contributed by atoms with van der Waals surface area (Å²) >= 11 is 0. The van der Waals surface area contributed by atoms with Crippen LogP contribution >= 0.6 is 0 Å². The minimum Gasteiger partial charge on any atom is -0.495 e. The Morgan fingerprint density at radius 2 is 1.97 bits per heavy atom. The number of sulfonamides is 1. The van der Waals surface area contributed by atoms with Gasteiger partial charge in [-0.1, -0.05) is 36.4 Å². The zero-order valence-electron chi connectivity index (χ0n) is 17.1. The third-order valence-corrected chi connectivity index (χ3v) is 6.61. The van der Waals surface area contributed by atoms with E-state index >= 15 is 0 Å². The summed E-state index contributed by atoms with van der Waals surface area (Å²) in [5, 5.41) is 0. The molecule has 0 aliphatic carbocycles. The zero-order valence-corrected chi connectivity index (χ0v) is 18.0. The average Bonchev–Trinajstić information content (AvgIpc) is 2.74.